The maximum atomic E-state index is 5.89. The average molecular weight is 245 g/mol. The van der Waals surface area contributed by atoms with Crippen LogP contribution >= 0.6 is 0 Å². The molecule has 5 nitrogen and oxygen atoms in total. The summed E-state index contributed by atoms with van der Waals surface area (Å²) in [5.74, 6) is 1.85. The summed E-state index contributed by atoms with van der Waals surface area (Å²) in [5, 5.41) is 4.54. The van der Waals surface area contributed by atoms with Gasteiger partial charge in [0, 0.05) is 31.8 Å². The van der Waals surface area contributed by atoms with Gasteiger partial charge in [-0.3, -0.25) is 4.98 Å². The third-order valence-electron chi connectivity index (χ3n) is 2.97. The molecule has 0 aromatic carbocycles. The summed E-state index contributed by atoms with van der Waals surface area (Å²) in [6.45, 7) is 4.63. The number of hydrogen-bond acceptors (Lipinski definition) is 4. The minimum atomic E-state index is 0.0152. The summed E-state index contributed by atoms with van der Waals surface area (Å²) >= 11 is 0. The predicted molar refractivity (Wildman–Crippen MR) is 70.2 cm³/mol. The van der Waals surface area contributed by atoms with Crippen molar-refractivity contribution in [1.29, 1.82) is 0 Å². The molecule has 5 heteroatoms. The van der Waals surface area contributed by atoms with Crippen LogP contribution in [0.25, 0.3) is 0 Å². The second kappa shape index (κ2) is 5.73. The molecule has 0 amide bonds. The van der Waals surface area contributed by atoms with Crippen molar-refractivity contribution in [2.24, 2.45) is 5.73 Å². The van der Waals surface area contributed by atoms with E-state index < -0.39 is 0 Å². The second-order valence-electron chi connectivity index (χ2n) is 4.13. The van der Waals surface area contributed by atoms with E-state index in [2.05, 4.69) is 28.9 Å². The monoisotopic (exact) mass is 245 g/mol. The molecule has 1 unspecified atom stereocenters. The molecule has 0 radical (unpaired) electrons. The number of nitrogens with zero attached hydrogens (tertiary/aromatic N) is 4. The van der Waals surface area contributed by atoms with Crippen molar-refractivity contribution < 1.29 is 0 Å². The number of hydrogen-bond donors (Lipinski definition) is 1. The summed E-state index contributed by atoms with van der Waals surface area (Å²) in [6, 6.07) is 3.96. The van der Waals surface area contributed by atoms with Gasteiger partial charge in [-0.2, -0.15) is 5.10 Å². The van der Waals surface area contributed by atoms with E-state index in [1.807, 2.05) is 23.0 Å². The Bertz CT molecular complexity index is 491. The quantitative estimate of drug-likeness (QED) is 0.863. The van der Waals surface area contributed by atoms with E-state index in [0.29, 0.717) is 6.54 Å². The Hall–Kier alpha value is -1.75. The summed E-state index contributed by atoms with van der Waals surface area (Å²) in [4.78, 5) is 8.66. The van der Waals surface area contributed by atoms with E-state index in [9.17, 15) is 0 Å². The summed E-state index contributed by atoms with van der Waals surface area (Å²) in [6.07, 6.45) is 5.29. The Morgan fingerprint density at radius 2 is 2.17 bits per heavy atom. The molecular formula is C13H19N5. The highest BCUT2D eigenvalue weighted by molar-refractivity contribution is 5.16. The second-order valence-corrected chi connectivity index (χ2v) is 4.13. The van der Waals surface area contributed by atoms with Gasteiger partial charge in [0.05, 0.1) is 6.04 Å². The van der Waals surface area contributed by atoms with Crippen LogP contribution < -0.4 is 5.73 Å². The molecule has 0 saturated heterocycles. The van der Waals surface area contributed by atoms with Gasteiger partial charge in [-0.1, -0.05) is 19.9 Å². The Kier molecular flexibility index (Phi) is 4.04. The number of nitrogens with two attached hydrogens (primary N) is 1. The Morgan fingerprint density at radius 1 is 1.33 bits per heavy atom. The molecule has 0 bridgehead atoms. The molecule has 0 aliphatic rings. The highest BCUT2D eigenvalue weighted by Crippen LogP contribution is 2.17. The van der Waals surface area contributed by atoms with Crippen LogP contribution in [0.5, 0.6) is 0 Å². The van der Waals surface area contributed by atoms with E-state index in [1.165, 1.54) is 0 Å². The van der Waals surface area contributed by atoms with Crippen LogP contribution in [0.15, 0.2) is 24.5 Å². The van der Waals surface area contributed by atoms with Crippen molar-refractivity contribution >= 4 is 0 Å². The molecule has 18 heavy (non-hydrogen) atoms. The molecule has 2 rings (SSSR count). The van der Waals surface area contributed by atoms with E-state index >= 15 is 0 Å². The van der Waals surface area contributed by atoms with Crippen LogP contribution in [0, 0.1) is 0 Å². The van der Waals surface area contributed by atoms with Gasteiger partial charge in [-0.05, 0) is 11.6 Å². The number of aromatic nitrogens is 4. The van der Waals surface area contributed by atoms with Crippen LogP contribution in [0.3, 0.4) is 0 Å². The van der Waals surface area contributed by atoms with Crippen LogP contribution in [0.2, 0.25) is 0 Å². The largest absolute Gasteiger partial charge is 0.328 e. The molecule has 2 aromatic heterocycles. The van der Waals surface area contributed by atoms with Crippen LogP contribution in [-0.2, 0) is 12.8 Å². The lowest BCUT2D eigenvalue weighted by molar-refractivity contribution is 0.504. The predicted octanol–water partition coefficient (Wildman–Crippen LogP) is 1.35. The van der Waals surface area contributed by atoms with Gasteiger partial charge < -0.3 is 5.73 Å². The average Bonchev–Trinajstić information content (AvgIpc) is 2.84. The Morgan fingerprint density at radius 3 is 2.72 bits per heavy atom. The SMILES string of the molecule is CCc1nc(CC)n(C(CN)c2cccnc2)n1. The first kappa shape index (κ1) is 12.7. The molecule has 0 aliphatic carbocycles. The molecule has 2 N–H and O–H groups in total. The van der Waals surface area contributed by atoms with Gasteiger partial charge in [0.2, 0.25) is 0 Å². The number of rotatable bonds is 5. The third kappa shape index (κ3) is 2.41. The number of pyridine rings is 1. The van der Waals surface area contributed by atoms with Crippen molar-refractivity contribution in [3.8, 4) is 0 Å². The van der Waals surface area contributed by atoms with Crippen LogP contribution in [0.4, 0.5) is 0 Å². The van der Waals surface area contributed by atoms with Gasteiger partial charge in [0.1, 0.15) is 5.82 Å². The van der Waals surface area contributed by atoms with Crippen molar-refractivity contribution in [2.75, 3.05) is 6.54 Å². The van der Waals surface area contributed by atoms with Crippen molar-refractivity contribution in [2.45, 2.75) is 32.7 Å². The van der Waals surface area contributed by atoms with Crippen LogP contribution in [-0.4, -0.2) is 26.3 Å². The van der Waals surface area contributed by atoms with Gasteiger partial charge in [-0.25, -0.2) is 9.67 Å². The fraction of sp³-hybridized carbons (Fsp3) is 0.462. The van der Waals surface area contributed by atoms with Crippen molar-refractivity contribution in [3.05, 3.63) is 41.7 Å². The lowest BCUT2D eigenvalue weighted by Gasteiger charge is -2.17. The van der Waals surface area contributed by atoms with E-state index in [1.54, 1.807) is 6.20 Å². The summed E-state index contributed by atoms with van der Waals surface area (Å²) < 4.78 is 1.94. The molecule has 2 heterocycles. The van der Waals surface area contributed by atoms with E-state index in [0.717, 1.165) is 30.1 Å². The zero-order chi connectivity index (χ0) is 13.0. The first-order chi connectivity index (χ1) is 8.80. The molecule has 2 aromatic rings. The molecular weight excluding hydrogens is 226 g/mol. The zero-order valence-corrected chi connectivity index (χ0v) is 10.9. The molecule has 0 saturated carbocycles. The van der Waals surface area contributed by atoms with Gasteiger partial charge in [0.15, 0.2) is 5.82 Å². The summed E-state index contributed by atoms with van der Waals surface area (Å²) in [5.41, 5.74) is 6.97. The Labute approximate surface area is 107 Å². The van der Waals surface area contributed by atoms with Gasteiger partial charge >= 0.3 is 0 Å². The molecule has 1 atom stereocenters. The smallest absolute Gasteiger partial charge is 0.150 e. The lowest BCUT2D eigenvalue weighted by atomic mass is 10.1. The molecule has 0 spiro atoms. The molecule has 96 valence electrons. The minimum Gasteiger partial charge on any atom is -0.328 e. The fourth-order valence-electron chi connectivity index (χ4n) is 2.00. The third-order valence-corrected chi connectivity index (χ3v) is 2.97. The van der Waals surface area contributed by atoms with Gasteiger partial charge in [-0.15, -0.1) is 0 Å². The first-order valence-electron chi connectivity index (χ1n) is 6.34. The molecule has 0 aliphatic heterocycles. The standard InChI is InChI=1S/C13H19N5/c1-3-12-16-13(4-2)18(17-12)11(8-14)10-6-5-7-15-9-10/h5-7,9,11H,3-4,8,14H2,1-2H3. The lowest BCUT2D eigenvalue weighted by Crippen LogP contribution is -2.23. The topological polar surface area (TPSA) is 69.6 Å². The van der Waals surface area contributed by atoms with E-state index in [4.69, 9.17) is 5.73 Å². The van der Waals surface area contributed by atoms with E-state index in [-0.39, 0.29) is 6.04 Å². The van der Waals surface area contributed by atoms with Crippen molar-refractivity contribution in [1.82, 2.24) is 19.7 Å². The Balaban J connectivity index is 2.41. The summed E-state index contributed by atoms with van der Waals surface area (Å²) in [7, 11) is 0. The van der Waals surface area contributed by atoms with Gasteiger partial charge in [0.25, 0.3) is 0 Å². The minimum absolute atomic E-state index is 0.0152. The number of aryl methyl sites for hydroxylation is 2. The highest BCUT2D eigenvalue weighted by Gasteiger charge is 2.17. The van der Waals surface area contributed by atoms with Crippen LogP contribution in [0.1, 0.15) is 37.1 Å². The maximum Gasteiger partial charge on any atom is 0.150 e. The maximum absolute atomic E-state index is 5.89. The fourth-order valence-corrected chi connectivity index (χ4v) is 2.00. The zero-order valence-electron chi connectivity index (χ0n) is 10.9. The molecule has 0 fully saturated rings. The highest BCUT2D eigenvalue weighted by atomic mass is 15.4. The van der Waals surface area contributed by atoms with Crippen molar-refractivity contribution in [3.63, 3.8) is 0 Å². The normalized spacial score (nSPS) is 12.6. The first-order valence-corrected chi connectivity index (χ1v) is 6.34.